The molecule has 1 N–H and O–H groups in total. The quantitative estimate of drug-likeness (QED) is 0.0938. The summed E-state index contributed by atoms with van der Waals surface area (Å²) in [5.41, 5.74) is 2.58. The molecule has 0 atom stereocenters. The first-order valence-electron chi connectivity index (χ1n) is 12.1. The second-order valence-corrected chi connectivity index (χ2v) is 13.3. The van der Waals surface area contributed by atoms with Gasteiger partial charge in [-0.3, -0.25) is 4.79 Å². The molecule has 0 amide bonds. The van der Waals surface area contributed by atoms with E-state index >= 15 is 4.39 Å². The van der Waals surface area contributed by atoms with Crippen LogP contribution in [0, 0.1) is 5.82 Å². The molecule has 2 aromatic heterocycles. The Morgan fingerprint density at radius 1 is 1.07 bits per heavy atom. The molecule has 3 aromatic carbocycles. The van der Waals surface area contributed by atoms with Crippen LogP contribution in [0.5, 0.6) is 11.5 Å². The third-order valence-electron chi connectivity index (χ3n) is 6.08. The summed E-state index contributed by atoms with van der Waals surface area (Å²) < 4.78 is 38.9. The SMILES string of the molecule is COC(=O)/C=C/c1cccc(C(=O)c2csc(-c3cccc(Oc4c(F)cc5[nH]ccc5c4P(C)(C)=O)c3)n2)c1. The van der Waals surface area contributed by atoms with Gasteiger partial charge in [0, 0.05) is 45.7 Å². The average Bonchev–Trinajstić information content (AvgIpc) is 3.61. The number of rotatable bonds is 8. The van der Waals surface area contributed by atoms with Gasteiger partial charge in [-0.05, 0) is 49.2 Å². The fourth-order valence-corrected chi connectivity index (χ4v) is 6.47. The Balaban J connectivity index is 1.42. The number of H-pyrrole nitrogens is 1. The summed E-state index contributed by atoms with van der Waals surface area (Å²) in [6.07, 6.45) is 4.52. The predicted octanol–water partition coefficient (Wildman–Crippen LogP) is 6.89. The molecule has 5 aromatic rings. The van der Waals surface area contributed by atoms with Crippen molar-refractivity contribution in [1.82, 2.24) is 9.97 Å². The molecule has 40 heavy (non-hydrogen) atoms. The molecule has 10 heteroatoms. The fourth-order valence-electron chi connectivity index (χ4n) is 4.25. The van der Waals surface area contributed by atoms with E-state index in [1.54, 1.807) is 79.5 Å². The Morgan fingerprint density at radius 3 is 2.65 bits per heavy atom. The maximum atomic E-state index is 15.1. The Morgan fingerprint density at radius 2 is 1.88 bits per heavy atom. The van der Waals surface area contributed by atoms with Crippen LogP contribution in [0.4, 0.5) is 4.39 Å². The van der Waals surface area contributed by atoms with Crippen LogP contribution in [0.15, 0.2) is 78.3 Å². The number of nitrogens with one attached hydrogen (secondary N) is 1. The van der Waals surface area contributed by atoms with Crippen molar-refractivity contribution in [2.75, 3.05) is 20.4 Å². The average molecular weight is 575 g/mol. The van der Waals surface area contributed by atoms with Crippen molar-refractivity contribution in [1.29, 1.82) is 0 Å². The van der Waals surface area contributed by atoms with Gasteiger partial charge >= 0.3 is 5.97 Å². The lowest BCUT2D eigenvalue weighted by atomic mass is 10.1. The minimum atomic E-state index is -2.91. The molecule has 5 rings (SSSR count). The minimum absolute atomic E-state index is 0.0753. The molecule has 7 nitrogen and oxygen atoms in total. The third kappa shape index (κ3) is 5.66. The summed E-state index contributed by atoms with van der Waals surface area (Å²) >= 11 is 1.29. The van der Waals surface area contributed by atoms with Crippen LogP contribution in [0.25, 0.3) is 27.6 Å². The van der Waals surface area contributed by atoms with Crippen LogP contribution in [0.1, 0.15) is 21.6 Å². The number of hydrogen-bond acceptors (Lipinski definition) is 7. The highest BCUT2D eigenvalue weighted by molar-refractivity contribution is 7.70. The van der Waals surface area contributed by atoms with E-state index in [0.717, 1.165) is 0 Å². The van der Waals surface area contributed by atoms with Crippen molar-refractivity contribution in [3.05, 3.63) is 101 Å². The van der Waals surface area contributed by atoms with Gasteiger partial charge in [0.1, 0.15) is 23.6 Å². The van der Waals surface area contributed by atoms with Crippen molar-refractivity contribution in [3.63, 3.8) is 0 Å². The smallest absolute Gasteiger partial charge is 0.330 e. The number of methoxy groups -OCH3 is 1. The first-order valence-corrected chi connectivity index (χ1v) is 15.6. The summed E-state index contributed by atoms with van der Waals surface area (Å²) in [5.74, 6) is -1.11. The molecule has 0 saturated carbocycles. The van der Waals surface area contributed by atoms with Crippen LogP contribution >= 0.6 is 18.5 Å². The van der Waals surface area contributed by atoms with Gasteiger partial charge in [-0.15, -0.1) is 11.3 Å². The Bertz CT molecular complexity index is 1830. The Kier molecular flexibility index (Phi) is 7.52. The lowest BCUT2D eigenvalue weighted by molar-refractivity contribution is -0.134. The van der Waals surface area contributed by atoms with Gasteiger partial charge in [-0.25, -0.2) is 14.2 Å². The number of nitrogens with zero attached hydrogens (tertiary/aromatic N) is 1. The molecule has 0 unspecified atom stereocenters. The number of carbonyl (C=O) groups is 2. The van der Waals surface area contributed by atoms with Crippen LogP contribution in [0.2, 0.25) is 0 Å². The number of carbonyl (C=O) groups excluding carboxylic acids is 2. The summed E-state index contributed by atoms with van der Waals surface area (Å²) in [6, 6.07) is 16.9. The molecule has 0 spiro atoms. The first kappa shape index (κ1) is 27.2. The largest absolute Gasteiger partial charge is 0.466 e. The maximum absolute atomic E-state index is 15.1. The highest BCUT2D eigenvalue weighted by Crippen LogP contribution is 2.44. The van der Waals surface area contributed by atoms with Crippen LogP contribution in [0.3, 0.4) is 0 Å². The van der Waals surface area contributed by atoms with Crippen LogP contribution in [-0.2, 0) is 14.1 Å². The highest BCUT2D eigenvalue weighted by Gasteiger charge is 2.26. The lowest BCUT2D eigenvalue weighted by Crippen LogP contribution is -2.10. The molecule has 2 heterocycles. The standard InChI is InChI=1S/C30H24FN2O5PS/c1-37-26(34)11-10-18-6-4-7-19(14-18)27(35)25-17-40-30(33-25)20-8-5-9-21(15-20)38-28-23(31)16-24-22(12-13-32-24)29(28)39(2,3)36/h4-17,32H,1-3H3/b11-10+. The van der Waals surface area contributed by atoms with Gasteiger partial charge in [0.15, 0.2) is 11.6 Å². The molecular formula is C30H24FN2O5PS. The minimum Gasteiger partial charge on any atom is -0.466 e. The van der Waals surface area contributed by atoms with E-state index in [0.29, 0.717) is 43.7 Å². The third-order valence-corrected chi connectivity index (χ3v) is 8.49. The zero-order chi connectivity index (χ0) is 28.4. The molecule has 0 saturated heterocycles. The molecule has 0 radical (unpaired) electrons. The van der Waals surface area contributed by atoms with Gasteiger partial charge in [-0.1, -0.05) is 30.3 Å². The zero-order valence-corrected chi connectivity index (χ0v) is 23.5. The van der Waals surface area contributed by atoms with Crippen molar-refractivity contribution < 1.29 is 28.0 Å². The van der Waals surface area contributed by atoms with E-state index in [2.05, 4.69) is 14.7 Å². The Labute approximate surface area is 233 Å². The van der Waals surface area contributed by atoms with Gasteiger partial charge < -0.3 is 19.0 Å². The van der Waals surface area contributed by atoms with Gasteiger partial charge in [0.2, 0.25) is 5.78 Å². The molecule has 0 aliphatic heterocycles. The number of esters is 1. The number of thiazole rings is 1. The van der Waals surface area contributed by atoms with Crippen molar-refractivity contribution in [3.8, 4) is 22.1 Å². The summed E-state index contributed by atoms with van der Waals surface area (Å²) in [4.78, 5) is 32.0. The molecule has 0 bridgehead atoms. The van der Waals surface area contributed by atoms with E-state index < -0.39 is 18.9 Å². The van der Waals surface area contributed by atoms with Gasteiger partial charge in [-0.2, -0.15) is 0 Å². The molecule has 0 aliphatic carbocycles. The molecular weight excluding hydrogens is 550 g/mol. The molecule has 202 valence electrons. The lowest BCUT2D eigenvalue weighted by Gasteiger charge is -2.17. The second-order valence-electron chi connectivity index (χ2n) is 9.30. The number of benzene rings is 3. The number of aromatic amines is 1. The van der Waals surface area contributed by atoms with Crippen LogP contribution < -0.4 is 10.0 Å². The number of hydrogen-bond donors (Lipinski definition) is 1. The van der Waals surface area contributed by atoms with E-state index in [9.17, 15) is 14.2 Å². The highest BCUT2D eigenvalue weighted by atomic mass is 32.1. The van der Waals surface area contributed by atoms with Crippen LogP contribution in [-0.4, -0.2) is 42.2 Å². The van der Waals surface area contributed by atoms with E-state index in [4.69, 9.17) is 4.74 Å². The Hall–Kier alpha value is -4.33. The number of fused-ring (bicyclic) bond motifs is 1. The molecule has 0 fully saturated rings. The van der Waals surface area contributed by atoms with E-state index in [1.807, 2.05) is 6.07 Å². The molecule has 0 aliphatic rings. The number of ether oxygens (including phenoxy) is 2. The van der Waals surface area contributed by atoms with Crippen molar-refractivity contribution in [2.24, 2.45) is 0 Å². The maximum Gasteiger partial charge on any atom is 0.330 e. The number of aromatic nitrogens is 2. The second kappa shape index (κ2) is 11.0. The number of halogens is 1. The fraction of sp³-hybridized carbons (Fsp3) is 0.100. The van der Waals surface area contributed by atoms with E-state index in [1.165, 1.54) is 30.6 Å². The summed E-state index contributed by atoms with van der Waals surface area (Å²) in [6.45, 7) is 3.16. The topological polar surface area (TPSA) is 98.4 Å². The van der Waals surface area contributed by atoms with E-state index in [-0.39, 0.29) is 17.2 Å². The predicted molar refractivity (Wildman–Crippen MR) is 156 cm³/mol. The number of ketones is 1. The summed E-state index contributed by atoms with van der Waals surface area (Å²) in [5, 5.41) is 3.23. The van der Waals surface area contributed by atoms with Gasteiger partial charge in [0.25, 0.3) is 0 Å². The normalized spacial score (nSPS) is 11.7. The van der Waals surface area contributed by atoms with Crippen molar-refractivity contribution in [2.45, 2.75) is 0 Å². The van der Waals surface area contributed by atoms with Gasteiger partial charge in [0.05, 0.1) is 12.4 Å². The first-order chi connectivity index (χ1) is 19.1. The monoisotopic (exact) mass is 574 g/mol. The zero-order valence-electron chi connectivity index (χ0n) is 21.8. The summed E-state index contributed by atoms with van der Waals surface area (Å²) in [7, 11) is -1.62. The van der Waals surface area contributed by atoms with Crippen molar-refractivity contribution >= 4 is 52.5 Å².